The molecule has 0 aromatic heterocycles. The normalized spacial score (nSPS) is 45.0. The second kappa shape index (κ2) is 9.81. The number of halogens is 6. The summed E-state index contributed by atoms with van der Waals surface area (Å²) in [5.74, 6) is 0. The Morgan fingerprint density at radius 3 is 1.11 bits per heavy atom. The maximum absolute atomic E-state index is 3.84. The highest BCUT2D eigenvalue weighted by atomic mass is 79.9. The second-order valence-corrected chi connectivity index (χ2v) is 11.4. The highest BCUT2D eigenvalue weighted by molar-refractivity contribution is 9.15. The molecule has 1 saturated carbocycles. The fraction of sp³-hybridized carbons (Fsp3) is 1.00. The molecule has 0 amide bonds. The van der Waals surface area contributed by atoms with Crippen molar-refractivity contribution < 1.29 is 0 Å². The molecule has 18 heavy (non-hydrogen) atoms. The molecule has 0 bridgehead atoms. The van der Waals surface area contributed by atoms with Crippen molar-refractivity contribution in [1.82, 2.24) is 0 Å². The second-order valence-electron chi connectivity index (χ2n) is 4.80. The SMILES string of the molecule is Br[C@@H]1[C@H](Br)[C@H](Br)[C@@H](Br)CCCCCC[C@@H](Br)[C@H]1Br. The molecule has 1 aliphatic carbocycles. The molecule has 1 fully saturated rings. The predicted octanol–water partition coefficient (Wildman–Crippen LogP) is 6.92. The molecule has 6 heteroatoms. The van der Waals surface area contributed by atoms with Crippen LogP contribution in [-0.2, 0) is 0 Å². The van der Waals surface area contributed by atoms with Crippen molar-refractivity contribution >= 4 is 95.6 Å². The van der Waals surface area contributed by atoms with Crippen LogP contribution in [0.2, 0.25) is 0 Å². The number of hydrogen-bond donors (Lipinski definition) is 0. The Bertz CT molecular complexity index is 213. The lowest BCUT2D eigenvalue weighted by atomic mass is 10.0. The van der Waals surface area contributed by atoms with Gasteiger partial charge in [-0.25, -0.2) is 0 Å². The smallest absolute Gasteiger partial charge is 0.0418 e. The first-order valence-electron chi connectivity index (χ1n) is 6.29. The Labute approximate surface area is 161 Å². The maximum atomic E-state index is 3.84. The van der Waals surface area contributed by atoms with Gasteiger partial charge in [0.05, 0.1) is 0 Å². The zero-order chi connectivity index (χ0) is 13.7. The highest BCUT2D eigenvalue weighted by Gasteiger charge is 2.35. The van der Waals surface area contributed by atoms with E-state index >= 15 is 0 Å². The molecule has 0 radical (unpaired) electrons. The lowest BCUT2D eigenvalue weighted by molar-refractivity contribution is 0.549. The van der Waals surface area contributed by atoms with Gasteiger partial charge < -0.3 is 0 Å². The van der Waals surface area contributed by atoms with E-state index in [1.165, 1.54) is 38.5 Å². The van der Waals surface area contributed by atoms with Crippen LogP contribution in [0.4, 0.5) is 0 Å². The van der Waals surface area contributed by atoms with Gasteiger partial charge in [0.1, 0.15) is 0 Å². The average Bonchev–Trinajstić information content (AvgIpc) is 2.37. The van der Waals surface area contributed by atoms with Crippen molar-refractivity contribution in [3.63, 3.8) is 0 Å². The first-order valence-corrected chi connectivity index (χ1v) is 11.8. The van der Waals surface area contributed by atoms with Crippen molar-refractivity contribution in [3.8, 4) is 0 Å². The molecular formula is C12H18Br6. The van der Waals surface area contributed by atoms with E-state index in [0.717, 1.165) is 0 Å². The topological polar surface area (TPSA) is 0 Å². The van der Waals surface area contributed by atoms with Crippen molar-refractivity contribution in [2.75, 3.05) is 0 Å². The van der Waals surface area contributed by atoms with Gasteiger partial charge in [-0.2, -0.15) is 0 Å². The van der Waals surface area contributed by atoms with E-state index in [4.69, 9.17) is 0 Å². The first kappa shape index (κ1) is 18.9. The van der Waals surface area contributed by atoms with Gasteiger partial charge in [-0.15, -0.1) is 0 Å². The van der Waals surface area contributed by atoms with Crippen LogP contribution in [0.3, 0.4) is 0 Å². The molecule has 0 aromatic carbocycles. The van der Waals surface area contributed by atoms with Crippen molar-refractivity contribution in [2.45, 2.75) is 67.5 Å². The highest BCUT2D eigenvalue weighted by Crippen LogP contribution is 2.37. The van der Waals surface area contributed by atoms with Crippen LogP contribution in [-0.4, -0.2) is 29.0 Å². The lowest BCUT2D eigenvalue weighted by Crippen LogP contribution is -2.39. The summed E-state index contributed by atoms with van der Waals surface area (Å²) < 4.78 is 0. The van der Waals surface area contributed by atoms with E-state index in [1.807, 2.05) is 0 Å². The molecule has 1 rings (SSSR count). The Kier molecular flexibility index (Phi) is 10.3. The average molecular weight is 642 g/mol. The monoisotopic (exact) mass is 636 g/mol. The molecule has 0 spiro atoms. The third-order valence-electron chi connectivity index (χ3n) is 3.31. The van der Waals surface area contributed by atoms with Crippen LogP contribution in [0.15, 0.2) is 0 Å². The summed E-state index contributed by atoms with van der Waals surface area (Å²) in [6.45, 7) is 0. The standard InChI is InChI=1S/C12H18Br6/c13-7-5-3-1-2-4-6-8(14)10(16)12(18)11(17)9(7)15/h7-12H,1-6H2/t7-,8+,9-,10-,11+,12-/m1/s1. The van der Waals surface area contributed by atoms with E-state index in [-0.39, 0.29) is 0 Å². The number of alkyl halides is 6. The van der Waals surface area contributed by atoms with Crippen LogP contribution in [0.1, 0.15) is 38.5 Å². The van der Waals surface area contributed by atoms with Gasteiger partial charge in [0, 0.05) is 29.0 Å². The quantitative estimate of drug-likeness (QED) is 0.252. The Balaban J connectivity index is 2.71. The summed E-state index contributed by atoms with van der Waals surface area (Å²) in [6.07, 6.45) is 7.80. The molecule has 0 heterocycles. The maximum Gasteiger partial charge on any atom is 0.0418 e. The van der Waals surface area contributed by atoms with E-state index < -0.39 is 0 Å². The van der Waals surface area contributed by atoms with Gasteiger partial charge in [0.15, 0.2) is 0 Å². The van der Waals surface area contributed by atoms with Crippen LogP contribution in [0.25, 0.3) is 0 Å². The van der Waals surface area contributed by atoms with E-state index in [1.54, 1.807) is 0 Å². The minimum atomic E-state index is 0.394. The molecule has 0 aromatic rings. The van der Waals surface area contributed by atoms with Crippen LogP contribution in [0, 0.1) is 0 Å². The van der Waals surface area contributed by atoms with Gasteiger partial charge in [-0.3, -0.25) is 0 Å². The van der Waals surface area contributed by atoms with Crippen LogP contribution >= 0.6 is 95.6 Å². The summed E-state index contributed by atoms with van der Waals surface area (Å²) in [4.78, 5) is 2.70. The van der Waals surface area contributed by atoms with Gasteiger partial charge in [0.2, 0.25) is 0 Å². The fourth-order valence-electron chi connectivity index (χ4n) is 2.10. The fourth-order valence-corrected chi connectivity index (χ4v) is 7.63. The Hall–Kier alpha value is 2.88. The van der Waals surface area contributed by atoms with E-state index in [2.05, 4.69) is 95.6 Å². The summed E-state index contributed by atoms with van der Waals surface area (Å²) in [5, 5.41) is 0. The summed E-state index contributed by atoms with van der Waals surface area (Å²) in [7, 11) is 0. The molecule has 0 nitrogen and oxygen atoms in total. The molecule has 0 N–H and O–H groups in total. The van der Waals surface area contributed by atoms with E-state index in [9.17, 15) is 0 Å². The molecule has 0 saturated heterocycles. The Morgan fingerprint density at radius 1 is 0.444 bits per heavy atom. The lowest BCUT2D eigenvalue weighted by Gasteiger charge is -2.31. The van der Waals surface area contributed by atoms with Crippen molar-refractivity contribution in [1.29, 1.82) is 0 Å². The van der Waals surface area contributed by atoms with Crippen LogP contribution in [0.5, 0.6) is 0 Å². The molecule has 6 atom stereocenters. The third-order valence-corrected chi connectivity index (χ3v) is 13.6. The first-order chi connectivity index (χ1) is 8.45. The molecule has 0 unspecified atom stereocenters. The minimum Gasteiger partial charge on any atom is -0.0878 e. The van der Waals surface area contributed by atoms with Gasteiger partial charge in [0.25, 0.3) is 0 Å². The van der Waals surface area contributed by atoms with Crippen LogP contribution < -0.4 is 0 Å². The molecule has 108 valence electrons. The zero-order valence-corrected chi connectivity index (χ0v) is 19.5. The third kappa shape index (κ3) is 5.94. The summed E-state index contributed by atoms with van der Waals surface area (Å²) >= 11 is 23.0. The summed E-state index contributed by atoms with van der Waals surface area (Å²) in [6, 6.07) is 0. The predicted molar refractivity (Wildman–Crippen MR) is 104 cm³/mol. The summed E-state index contributed by atoms with van der Waals surface area (Å²) in [5.41, 5.74) is 0. The Morgan fingerprint density at radius 2 is 0.778 bits per heavy atom. The number of hydrogen-bond acceptors (Lipinski definition) is 0. The zero-order valence-electron chi connectivity index (χ0n) is 9.97. The molecule has 1 aliphatic rings. The molecular weight excluding hydrogens is 624 g/mol. The van der Waals surface area contributed by atoms with Gasteiger partial charge >= 0.3 is 0 Å². The largest absolute Gasteiger partial charge is 0.0878 e. The van der Waals surface area contributed by atoms with Crippen molar-refractivity contribution in [3.05, 3.63) is 0 Å². The van der Waals surface area contributed by atoms with Crippen molar-refractivity contribution in [2.24, 2.45) is 0 Å². The number of rotatable bonds is 0. The van der Waals surface area contributed by atoms with Gasteiger partial charge in [-0.05, 0) is 12.8 Å². The van der Waals surface area contributed by atoms with E-state index in [0.29, 0.717) is 29.0 Å². The van der Waals surface area contributed by atoms with Gasteiger partial charge in [-0.1, -0.05) is 121 Å². The molecule has 0 aliphatic heterocycles. The minimum absolute atomic E-state index is 0.394.